The van der Waals surface area contributed by atoms with E-state index in [0.717, 1.165) is 106 Å². The van der Waals surface area contributed by atoms with Crippen molar-refractivity contribution < 1.29 is 19.5 Å². The summed E-state index contributed by atoms with van der Waals surface area (Å²) in [6, 6.07) is 27.8. The molecule has 3 aliphatic rings. The predicted octanol–water partition coefficient (Wildman–Crippen LogP) is 9.21. The van der Waals surface area contributed by atoms with Crippen molar-refractivity contribution in [2.75, 3.05) is 27.7 Å². The van der Waals surface area contributed by atoms with Gasteiger partial charge in [-0.2, -0.15) is 0 Å². The van der Waals surface area contributed by atoms with Crippen molar-refractivity contribution in [1.29, 1.82) is 0 Å². The van der Waals surface area contributed by atoms with E-state index in [2.05, 4.69) is 58.5 Å². The van der Waals surface area contributed by atoms with Gasteiger partial charge in [-0.3, -0.25) is 19.4 Å². The van der Waals surface area contributed by atoms with Crippen LogP contribution in [0.15, 0.2) is 91.1 Å². The Morgan fingerprint density at radius 1 is 0.770 bits per heavy atom. The Hall–Kier alpha value is -6.01. The molecule has 4 aromatic carbocycles. The quantitative estimate of drug-likeness (QED) is 0.125. The number of nitrogens with zero attached hydrogens (tertiary/aromatic N) is 6. The van der Waals surface area contributed by atoms with Gasteiger partial charge in [-0.1, -0.05) is 87.4 Å². The topological polar surface area (TPSA) is 142 Å². The lowest BCUT2D eigenvalue weighted by atomic mass is 9.84. The highest BCUT2D eigenvalue weighted by atomic mass is 16.4. The summed E-state index contributed by atoms with van der Waals surface area (Å²) >= 11 is 0. The van der Waals surface area contributed by atoms with Crippen LogP contribution in [0.5, 0.6) is 0 Å². The number of likely N-dealkylation sites (N-methyl/N-ethyl adjacent to an activating group) is 2. The van der Waals surface area contributed by atoms with Crippen molar-refractivity contribution in [2.45, 2.75) is 89.0 Å². The van der Waals surface area contributed by atoms with E-state index in [1.807, 2.05) is 85.2 Å². The van der Waals surface area contributed by atoms with Crippen molar-refractivity contribution >= 4 is 39.7 Å². The molecule has 1 saturated carbocycles. The van der Waals surface area contributed by atoms with Crippen LogP contribution in [-0.2, 0) is 9.59 Å². The number of aromatic nitrogens is 4. The fourth-order valence-corrected chi connectivity index (χ4v) is 10.6. The molecule has 3 unspecified atom stereocenters. The Labute approximate surface area is 357 Å². The van der Waals surface area contributed by atoms with Crippen LogP contribution in [0.3, 0.4) is 0 Å². The molecule has 61 heavy (non-hydrogen) atoms. The number of benzene rings is 4. The summed E-state index contributed by atoms with van der Waals surface area (Å²) < 4.78 is 0. The van der Waals surface area contributed by atoms with Crippen LogP contribution in [0.25, 0.3) is 44.2 Å². The number of carbonyl (C=O) groups is 3. The average molecular weight is 821 g/mol. The molecule has 12 nitrogen and oxygen atoms in total. The molecule has 1 aliphatic carbocycles. The molecule has 316 valence electrons. The van der Waals surface area contributed by atoms with E-state index in [1.54, 1.807) is 0 Å². The highest BCUT2D eigenvalue weighted by Gasteiger charge is 2.49. The number of imidazole rings is 2. The number of amides is 3. The van der Waals surface area contributed by atoms with Gasteiger partial charge in [0.25, 0.3) is 0 Å². The van der Waals surface area contributed by atoms with Crippen LogP contribution < -0.4 is 0 Å². The molecule has 0 bridgehead atoms. The second-order valence-electron chi connectivity index (χ2n) is 18.0. The van der Waals surface area contributed by atoms with Crippen LogP contribution in [-0.4, -0.2) is 102 Å². The van der Waals surface area contributed by atoms with Crippen LogP contribution in [0.2, 0.25) is 0 Å². The largest absolute Gasteiger partial charge is 0.465 e. The number of nitrogens with one attached hydrogen (secondary N) is 2. The van der Waals surface area contributed by atoms with E-state index in [-0.39, 0.29) is 41.9 Å². The summed E-state index contributed by atoms with van der Waals surface area (Å²) in [6.07, 6.45) is 7.61. The molecule has 6 atom stereocenters. The number of H-pyrrole nitrogens is 2. The number of hydrogen-bond acceptors (Lipinski definition) is 6. The summed E-state index contributed by atoms with van der Waals surface area (Å²) in [7, 11) is 5.41. The Balaban J connectivity index is 0.944. The zero-order valence-electron chi connectivity index (χ0n) is 35.7. The van der Waals surface area contributed by atoms with E-state index >= 15 is 0 Å². The molecular formula is C49H56N8O4. The fraction of sp³-hybridized carbons (Fsp3) is 0.408. The molecule has 3 N–H and O–H groups in total. The van der Waals surface area contributed by atoms with Crippen molar-refractivity contribution in [1.82, 2.24) is 39.5 Å². The lowest BCUT2D eigenvalue weighted by Crippen LogP contribution is -2.54. The third kappa shape index (κ3) is 7.55. The fourth-order valence-electron chi connectivity index (χ4n) is 10.6. The summed E-state index contributed by atoms with van der Waals surface area (Å²) in [5, 5.41) is 12.1. The average Bonchev–Trinajstić information content (AvgIpc) is 4.08. The van der Waals surface area contributed by atoms with Gasteiger partial charge in [0, 0.05) is 25.2 Å². The summed E-state index contributed by atoms with van der Waals surface area (Å²) in [5.74, 6) is 1.75. The van der Waals surface area contributed by atoms with Crippen molar-refractivity contribution in [3.63, 3.8) is 0 Å². The minimum atomic E-state index is -1.10. The summed E-state index contributed by atoms with van der Waals surface area (Å²) in [4.78, 5) is 64.6. The number of likely N-dealkylation sites (tertiary alicyclic amines) is 2. The van der Waals surface area contributed by atoms with Gasteiger partial charge in [-0.15, -0.1) is 0 Å². The zero-order chi connectivity index (χ0) is 42.5. The molecule has 0 radical (unpaired) electrons. The van der Waals surface area contributed by atoms with Crippen LogP contribution >= 0.6 is 0 Å². The molecule has 6 aromatic rings. The summed E-state index contributed by atoms with van der Waals surface area (Å²) in [5.41, 5.74) is 6.83. The van der Waals surface area contributed by atoms with Gasteiger partial charge in [-0.05, 0) is 110 Å². The highest BCUT2D eigenvalue weighted by molar-refractivity contribution is 5.92. The Bertz CT molecular complexity index is 2580. The highest BCUT2D eigenvalue weighted by Crippen LogP contribution is 2.47. The number of aromatic amines is 2. The molecule has 9 rings (SSSR count). The minimum absolute atomic E-state index is 0.0848. The summed E-state index contributed by atoms with van der Waals surface area (Å²) in [6.45, 7) is 4.54. The first-order valence-corrected chi connectivity index (χ1v) is 21.9. The third-order valence-corrected chi connectivity index (χ3v) is 13.6. The van der Waals surface area contributed by atoms with Gasteiger partial charge in [0.1, 0.15) is 23.7 Å². The SMILES string of the molecule is CC(C)C(C(=O)N1[C@H](c2nc3ccc(-c4ccc5cc(-c6cnc(C7CCCN7C(=O)C(c7ccccc7)N(C)C)[nH]6)ccc5c4)cc3[nH]2)C[C@@H]2CCCC[C@@H]21)N(C)C(=O)O. The molecule has 2 aliphatic heterocycles. The third-order valence-electron chi connectivity index (χ3n) is 13.6. The van der Waals surface area contributed by atoms with E-state index in [9.17, 15) is 19.5 Å². The maximum absolute atomic E-state index is 14.4. The molecule has 2 saturated heterocycles. The Morgan fingerprint density at radius 3 is 2.21 bits per heavy atom. The van der Waals surface area contributed by atoms with Gasteiger partial charge in [0.15, 0.2) is 0 Å². The standard InChI is InChI=1S/C49H56N8O4/c1-29(2)43(55(5)49(60)61)48(59)57-40-15-10-9-14-36(40)27-42(57)46-51-37-22-21-34(26-38(37)52-46)32-17-18-33-25-35(20-19-31(33)24-32)39-28-50-45(53-39)41-16-11-23-56(41)47(58)44(54(3)4)30-12-7-6-8-13-30/h6-8,12-13,17-22,24-26,28-29,36,40-44H,9-11,14-16,23,27H2,1-5H3,(H,50,53)(H,51,52)(H,60,61)/t36-,40-,41?,42-,43?,44?/m0/s1. The molecular weight excluding hydrogens is 765 g/mol. The van der Waals surface area contributed by atoms with E-state index in [0.29, 0.717) is 12.5 Å². The lowest BCUT2D eigenvalue weighted by Gasteiger charge is -2.38. The van der Waals surface area contributed by atoms with Crippen LogP contribution in [0.1, 0.15) is 94.1 Å². The first-order chi connectivity index (χ1) is 29.5. The molecule has 3 fully saturated rings. The van der Waals surface area contributed by atoms with Crippen LogP contribution in [0, 0.1) is 11.8 Å². The maximum atomic E-state index is 14.4. The second-order valence-corrected chi connectivity index (χ2v) is 18.0. The van der Waals surface area contributed by atoms with Gasteiger partial charge < -0.3 is 24.9 Å². The van der Waals surface area contributed by atoms with Crippen molar-refractivity contribution in [2.24, 2.45) is 11.8 Å². The number of hydrogen-bond donors (Lipinski definition) is 3. The van der Waals surface area contributed by atoms with E-state index in [4.69, 9.17) is 9.97 Å². The number of carboxylic acid groups (broad SMARTS) is 1. The second kappa shape index (κ2) is 16.5. The monoisotopic (exact) mass is 820 g/mol. The zero-order valence-corrected chi connectivity index (χ0v) is 35.7. The minimum Gasteiger partial charge on any atom is -0.465 e. The molecule has 12 heteroatoms. The number of fused-ring (bicyclic) bond motifs is 3. The molecule has 0 spiro atoms. The maximum Gasteiger partial charge on any atom is 0.407 e. The molecule has 2 aromatic heterocycles. The predicted molar refractivity (Wildman–Crippen MR) is 238 cm³/mol. The molecule has 3 amide bonds. The van der Waals surface area contributed by atoms with Crippen molar-refractivity contribution in [3.05, 3.63) is 108 Å². The van der Waals surface area contributed by atoms with E-state index < -0.39 is 12.1 Å². The Kier molecular flexibility index (Phi) is 10.9. The Morgan fingerprint density at radius 2 is 1.48 bits per heavy atom. The van der Waals surface area contributed by atoms with Gasteiger partial charge in [-0.25, -0.2) is 14.8 Å². The van der Waals surface area contributed by atoms with Gasteiger partial charge in [0.05, 0.1) is 35.0 Å². The van der Waals surface area contributed by atoms with Gasteiger partial charge in [0.2, 0.25) is 11.8 Å². The molecule has 4 heterocycles. The van der Waals surface area contributed by atoms with Crippen LogP contribution in [0.4, 0.5) is 4.79 Å². The first kappa shape index (κ1) is 40.4. The van der Waals surface area contributed by atoms with E-state index in [1.165, 1.54) is 11.9 Å². The van der Waals surface area contributed by atoms with Gasteiger partial charge >= 0.3 is 6.09 Å². The smallest absolute Gasteiger partial charge is 0.407 e. The van der Waals surface area contributed by atoms with Crippen molar-refractivity contribution in [3.8, 4) is 22.4 Å². The normalized spacial score (nSPS) is 21.4. The first-order valence-electron chi connectivity index (χ1n) is 21.9. The number of carbonyl (C=O) groups excluding carboxylic acids is 2. The lowest BCUT2D eigenvalue weighted by molar-refractivity contribution is -0.141. The number of rotatable bonds is 10.